The molecule has 0 aliphatic heterocycles. The average molecular weight is 578 g/mol. The summed E-state index contributed by atoms with van der Waals surface area (Å²) >= 11 is 13.9. The van der Waals surface area contributed by atoms with E-state index in [2.05, 4.69) is 31.1 Å². The van der Waals surface area contributed by atoms with Gasteiger partial charge in [-0.3, -0.25) is 10.1 Å². The second-order valence-corrected chi connectivity index (χ2v) is 10.6. The lowest BCUT2D eigenvalue weighted by atomic mass is 9.95. The smallest absolute Gasteiger partial charge is 0.331 e. The Morgan fingerprint density at radius 1 is 1.21 bits per heavy atom. The van der Waals surface area contributed by atoms with Crippen LogP contribution in [0.2, 0.25) is 10.0 Å². The number of aliphatic carboxylic acids is 1. The van der Waals surface area contributed by atoms with Crippen molar-refractivity contribution in [2.45, 2.75) is 40.2 Å². The van der Waals surface area contributed by atoms with Crippen molar-refractivity contribution in [3.8, 4) is 17.0 Å². The van der Waals surface area contributed by atoms with Crippen LogP contribution in [0.4, 0.5) is 5.13 Å². The monoisotopic (exact) mass is 576 g/mol. The Morgan fingerprint density at radius 2 is 1.89 bits per heavy atom. The summed E-state index contributed by atoms with van der Waals surface area (Å²) in [5, 5.41) is 14.4. The zero-order valence-electron chi connectivity index (χ0n) is 21.8. The molecule has 0 radical (unpaired) electrons. The molecule has 10 heteroatoms. The number of rotatable bonds is 11. The fourth-order valence-electron chi connectivity index (χ4n) is 3.85. The van der Waals surface area contributed by atoms with Gasteiger partial charge in [-0.2, -0.15) is 0 Å². The van der Waals surface area contributed by atoms with Crippen LogP contribution < -0.4 is 10.1 Å². The molecule has 38 heavy (non-hydrogen) atoms. The third kappa shape index (κ3) is 6.94. The Hall–Kier alpha value is -2.91. The highest BCUT2D eigenvalue weighted by molar-refractivity contribution is 7.14. The van der Waals surface area contributed by atoms with Crippen LogP contribution in [0.3, 0.4) is 0 Å². The fraction of sp³-hybridized carbons (Fsp3) is 0.321. The number of carboxylic acid groups (broad SMARTS) is 1. The van der Waals surface area contributed by atoms with Crippen LogP contribution in [-0.2, 0) is 9.53 Å². The molecule has 3 aromatic rings. The number of amides is 1. The summed E-state index contributed by atoms with van der Waals surface area (Å²) in [6.45, 7) is 8.37. The lowest BCUT2D eigenvalue weighted by molar-refractivity contribution is -0.132. The second kappa shape index (κ2) is 13.2. The van der Waals surface area contributed by atoms with Crippen molar-refractivity contribution < 1.29 is 24.2 Å². The van der Waals surface area contributed by atoms with Gasteiger partial charge < -0.3 is 14.6 Å². The van der Waals surface area contributed by atoms with Crippen LogP contribution >= 0.6 is 34.5 Å². The maximum absolute atomic E-state index is 12.9. The molecule has 0 saturated carbocycles. The van der Waals surface area contributed by atoms with E-state index in [0.29, 0.717) is 28.7 Å². The van der Waals surface area contributed by atoms with Crippen molar-refractivity contribution in [2.75, 3.05) is 19.0 Å². The number of carbonyl (C=O) groups is 2. The van der Waals surface area contributed by atoms with Crippen molar-refractivity contribution in [1.29, 1.82) is 0 Å². The summed E-state index contributed by atoms with van der Waals surface area (Å²) in [5.74, 6) is -0.614. The average Bonchev–Trinajstić information content (AvgIpc) is 3.33. The number of hydrogen-bond acceptors (Lipinski definition) is 6. The topological polar surface area (TPSA) is 97.8 Å². The van der Waals surface area contributed by atoms with Crippen LogP contribution in [0.5, 0.6) is 5.75 Å². The normalized spacial score (nSPS) is 12.5. The Bertz CT molecular complexity index is 1330. The molecule has 0 saturated heterocycles. The zero-order valence-corrected chi connectivity index (χ0v) is 24.1. The highest BCUT2D eigenvalue weighted by Crippen LogP contribution is 2.40. The van der Waals surface area contributed by atoms with E-state index in [4.69, 9.17) is 37.8 Å². The predicted molar refractivity (Wildman–Crippen MR) is 154 cm³/mol. The first-order valence-electron chi connectivity index (χ1n) is 12.0. The molecule has 1 amide bonds. The Kier molecular flexibility index (Phi) is 10.3. The molecule has 1 atom stereocenters. The van der Waals surface area contributed by atoms with Gasteiger partial charge in [0.05, 0.1) is 29.0 Å². The predicted octanol–water partition coefficient (Wildman–Crippen LogP) is 7.99. The van der Waals surface area contributed by atoms with Crippen LogP contribution in [0.25, 0.3) is 17.3 Å². The van der Waals surface area contributed by atoms with E-state index in [-0.39, 0.29) is 33.2 Å². The summed E-state index contributed by atoms with van der Waals surface area (Å²) in [6, 6.07) is 8.74. The van der Waals surface area contributed by atoms with E-state index in [1.807, 2.05) is 23.6 Å². The third-order valence-corrected chi connectivity index (χ3v) is 7.09. The van der Waals surface area contributed by atoms with Gasteiger partial charge in [0.15, 0.2) is 5.13 Å². The number of aromatic nitrogens is 1. The van der Waals surface area contributed by atoms with Gasteiger partial charge in [0, 0.05) is 39.8 Å². The molecule has 1 heterocycles. The molecule has 0 aliphatic carbocycles. The SMILES string of the molecule is CCCO[C@H](c1cccc(-c2csc(NC(=O)c3cc(Cl)c(C=C(C)C(=O)O)c(Cl)c3)n2)c1OC)C(C)C. The number of anilines is 1. The number of halogens is 2. The molecule has 0 fully saturated rings. The first-order valence-corrected chi connectivity index (χ1v) is 13.7. The van der Waals surface area contributed by atoms with Crippen molar-refractivity contribution in [3.05, 3.63) is 68.0 Å². The molecular weight excluding hydrogens is 547 g/mol. The maximum Gasteiger partial charge on any atom is 0.331 e. The van der Waals surface area contributed by atoms with Crippen molar-refractivity contribution in [2.24, 2.45) is 5.92 Å². The summed E-state index contributed by atoms with van der Waals surface area (Å²) < 4.78 is 11.9. The molecule has 0 aliphatic rings. The summed E-state index contributed by atoms with van der Waals surface area (Å²) in [7, 11) is 1.62. The van der Waals surface area contributed by atoms with E-state index in [1.165, 1.54) is 36.5 Å². The van der Waals surface area contributed by atoms with Gasteiger partial charge in [-0.1, -0.05) is 56.1 Å². The molecular formula is C28H30Cl2N2O5S. The van der Waals surface area contributed by atoms with Gasteiger partial charge >= 0.3 is 5.97 Å². The number of nitrogens with zero attached hydrogens (tertiary/aromatic N) is 1. The zero-order chi connectivity index (χ0) is 28.0. The quantitative estimate of drug-likeness (QED) is 0.224. The lowest BCUT2D eigenvalue weighted by Gasteiger charge is -2.24. The molecule has 1 aromatic heterocycles. The van der Waals surface area contributed by atoms with Crippen LogP contribution in [0.15, 0.2) is 41.3 Å². The summed E-state index contributed by atoms with van der Waals surface area (Å²) in [5.41, 5.74) is 3.01. The van der Waals surface area contributed by atoms with Gasteiger partial charge in [0.25, 0.3) is 5.91 Å². The molecule has 0 unspecified atom stereocenters. The summed E-state index contributed by atoms with van der Waals surface area (Å²) in [6.07, 6.45) is 2.15. The number of benzene rings is 2. The number of hydrogen-bond donors (Lipinski definition) is 2. The maximum atomic E-state index is 12.9. The van der Waals surface area contributed by atoms with Gasteiger partial charge in [0.2, 0.25) is 0 Å². The van der Waals surface area contributed by atoms with E-state index in [0.717, 1.165) is 17.5 Å². The minimum atomic E-state index is -1.09. The van der Waals surface area contributed by atoms with E-state index >= 15 is 0 Å². The van der Waals surface area contributed by atoms with Crippen molar-refractivity contribution in [1.82, 2.24) is 4.98 Å². The van der Waals surface area contributed by atoms with Crippen LogP contribution in [-0.4, -0.2) is 35.7 Å². The van der Waals surface area contributed by atoms with E-state index < -0.39 is 11.9 Å². The number of methoxy groups -OCH3 is 1. The standard InChI is InChI=1S/C28H30Cl2N2O5S/c1-6-10-37-24(15(2)3)19-9-7-8-18(25(19)36-5)23-14-38-28(31-23)32-26(33)17-12-21(29)20(22(30)13-17)11-16(4)27(34)35/h7-9,11-15,24H,6,10H2,1-5H3,(H,34,35)(H,31,32,33)/t24-/m0/s1. The largest absolute Gasteiger partial charge is 0.496 e. The molecule has 202 valence electrons. The number of para-hydroxylation sites is 1. The number of ether oxygens (including phenoxy) is 2. The Labute approximate surface area is 236 Å². The second-order valence-electron chi connectivity index (χ2n) is 8.94. The Balaban J connectivity index is 1.87. The number of thiazole rings is 1. The first kappa shape index (κ1) is 29.6. The van der Waals surface area contributed by atoms with Crippen molar-refractivity contribution >= 4 is 57.6 Å². The highest BCUT2D eigenvalue weighted by atomic mass is 35.5. The number of carboxylic acids is 1. The molecule has 7 nitrogen and oxygen atoms in total. The van der Waals surface area contributed by atoms with Crippen molar-refractivity contribution in [3.63, 3.8) is 0 Å². The first-order chi connectivity index (χ1) is 18.1. The van der Waals surface area contributed by atoms with Gasteiger partial charge in [-0.05, 0) is 43.5 Å². The molecule has 3 rings (SSSR count). The van der Waals surface area contributed by atoms with Gasteiger partial charge in [-0.25, -0.2) is 9.78 Å². The fourth-order valence-corrected chi connectivity index (χ4v) is 5.15. The minimum Gasteiger partial charge on any atom is -0.496 e. The highest BCUT2D eigenvalue weighted by Gasteiger charge is 2.24. The molecule has 0 spiro atoms. The lowest BCUT2D eigenvalue weighted by Crippen LogP contribution is -2.13. The van der Waals surface area contributed by atoms with E-state index in [9.17, 15) is 9.59 Å². The third-order valence-electron chi connectivity index (χ3n) is 5.70. The summed E-state index contributed by atoms with van der Waals surface area (Å²) in [4.78, 5) is 28.7. The minimum absolute atomic E-state index is 0.0671. The number of nitrogens with one attached hydrogen (secondary N) is 1. The molecule has 2 N–H and O–H groups in total. The molecule has 0 bridgehead atoms. The Morgan fingerprint density at radius 3 is 2.47 bits per heavy atom. The van der Waals surface area contributed by atoms with Gasteiger partial charge in [-0.15, -0.1) is 11.3 Å². The number of carbonyl (C=O) groups excluding carboxylic acids is 1. The van der Waals surface area contributed by atoms with Crippen LogP contribution in [0.1, 0.15) is 61.7 Å². The van der Waals surface area contributed by atoms with Gasteiger partial charge in [0.1, 0.15) is 5.75 Å². The van der Waals surface area contributed by atoms with Crippen LogP contribution in [0, 0.1) is 5.92 Å². The molecule has 2 aromatic carbocycles. The van der Waals surface area contributed by atoms with E-state index in [1.54, 1.807) is 7.11 Å².